The van der Waals surface area contributed by atoms with E-state index in [-0.39, 0.29) is 37.6 Å². The van der Waals surface area contributed by atoms with E-state index in [0.29, 0.717) is 0 Å². The molecular formula is C22H38O6. The number of hydrogen-bond acceptors (Lipinski definition) is 6. The van der Waals surface area contributed by atoms with Gasteiger partial charge in [0.1, 0.15) is 37.6 Å². The molecule has 0 aliphatic heterocycles. The third-order valence-electron chi connectivity index (χ3n) is 1.40. The largest absolute Gasteiger partial charge is 0.462 e. The summed E-state index contributed by atoms with van der Waals surface area (Å²) < 4.78 is 9.17. The average Bonchev–Trinajstić information content (AvgIpc) is 2.53. The van der Waals surface area contributed by atoms with Gasteiger partial charge in [-0.05, 0) is 41.5 Å². The van der Waals surface area contributed by atoms with E-state index in [4.69, 9.17) is 0 Å². The van der Waals surface area contributed by atoms with Crippen LogP contribution in [0.4, 0.5) is 0 Å². The van der Waals surface area contributed by atoms with Crippen molar-refractivity contribution in [3.63, 3.8) is 0 Å². The van der Waals surface area contributed by atoms with Gasteiger partial charge in [-0.15, -0.1) is 26.3 Å². The van der Waals surface area contributed by atoms with Gasteiger partial charge in [0, 0.05) is 0 Å². The first kappa shape index (κ1) is 36.2. The molecule has 0 saturated carbocycles. The van der Waals surface area contributed by atoms with Crippen LogP contribution < -0.4 is 0 Å². The summed E-state index contributed by atoms with van der Waals surface area (Å²) in [7, 11) is 0. The molecule has 0 aliphatic rings. The first-order valence-electron chi connectivity index (χ1n) is 8.66. The van der Waals surface area contributed by atoms with E-state index in [1.807, 2.05) is 27.7 Å². The highest BCUT2D eigenvalue weighted by Crippen LogP contribution is 1.91. The highest BCUT2D eigenvalue weighted by atomic mass is 16.6. The van der Waals surface area contributed by atoms with Crippen molar-refractivity contribution in [3.8, 4) is 0 Å². The van der Waals surface area contributed by atoms with Crippen LogP contribution >= 0.6 is 0 Å². The van der Waals surface area contributed by atoms with E-state index in [1.165, 1.54) is 13.8 Å². The number of esters is 2. The standard InChI is InChI=1S/C10H14O6.4C3H6/c1-7(11)5-9(13)15-3-4-16-10(14)6-8(2)12;4*1-3-2/h3-6H2,1-2H3;4*3H,1H2,2H3. The first-order valence-corrected chi connectivity index (χ1v) is 8.66. The summed E-state index contributed by atoms with van der Waals surface area (Å²) in [6, 6.07) is 0. The number of carbonyl (C=O) groups excluding carboxylic acids is 4. The van der Waals surface area contributed by atoms with E-state index in [1.54, 1.807) is 24.3 Å². The molecule has 0 aromatic carbocycles. The topological polar surface area (TPSA) is 86.7 Å². The van der Waals surface area contributed by atoms with Crippen molar-refractivity contribution in [2.45, 2.75) is 54.4 Å². The van der Waals surface area contributed by atoms with Gasteiger partial charge in [-0.3, -0.25) is 19.2 Å². The Hall–Kier alpha value is -2.76. The quantitative estimate of drug-likeness (QED) is 0.265. The lowest BCUT2D eigenvalue weighted by Crippen LogP contribution is -2.16. The minimum Gasteiger partial charge on any atom is -0.462 e. The summed E-state index contributed by atoms with van der Waals surface area (Å²) in [4.78, 5) is 42.7. The van der Waals surface area contributed by atoms with Gasteiger partial charge in [0.2, 0.25) is 0 Å². The number of carbonyl (C=O) groups is 4. The molecule has 0 rings (SSSR count). The second kappa shape index (κ2) is 35.4. The third kappa shape index (κ3) is 76.7. The van der Waals surface area contributed by atoms with Crippen LogP contribution in [0.2, 0.25) is 0 Å². The molecule has 6 heteroatoms. The van der Waals surface area contributed by atoms with Gasteiger partial charge in [0.25, 0.3) is 0 Å². The summed E-state index contributed by atoms with van der Waals surface area (Å²) in [5.41, 5.74) is 0. The molecule has 0 aliphatic carbocycles. The number of Topliss-reactive ketones (excluding diaryl/α,β-unsaturated/α-hetero) is 2. The molecule has 162 valence electrons. The Kier molecular flexibility index (Phi) is 45.7. The zero-order valence-corrected chi connectivity index (χ0v) is 18.4. The Labute approximate surface area is 171 Å². The number of allylic oxidation sites excluding steroid dienone is 4. The van der Waals surface area contributed by atoms with Gasteiger partial charge in [0.15, 0.2) is 0 Å². The van der Waals surface area contributed by atoms with Crippen molar-refractivity contribution >= 4 is 23.5 Å². The summed E-state index contributed by atoms with van der Waals surface area (Å²) in [6.07, 6.45) is 6.42. The Balaban J connectivity index is -0.000000120. The van der Waals surface area contributed by atoms with Crippen LogP contribution in [-0.2, 0) is 28.7 Å². The molecule has 0 spiro atoms. The second-order valence-electron chi connectivity index (χ2n) is 4.83. The summed E-state index contributed by atoms with van der Waals surface area (Å²) in [5.74, 6) is -1.90. The van der Waals surface area contributed by atoms with Crippen molar-refractivity contribution in [1.82, 2.24) is 0 Å². The molecule has 0 N–H and O–H groups in total. The fourth-order valence-corrected chi connectivity index (χ4v) is 0.820. The van der Waals surface area contributed by atoms with Crippen LogP contribution in [0.3, 0.4) is 0 Å². The lowest BCUT2D eigenvalue weighted by atomic mass is 10.3. The molecular weight excluding hydrogens is 360 g/mol. The molecule has 6 nitrogen and oxygen atoms in total. The number of rotatable bonds is 7. The van der Waals surface area contributed by atoms with Crippen molar-refractivity contribution < 1.29 is 28.7 Å². The van der Waals surface area contributed by atoms with Gasteiger partial charge in [-0.2, -0.15) is 0 Å². The molecule has 0 unspecified atom stereocenters. The fourth-order valence-electron chi connectivity index (χ4n) is 0.820. The van der Waals surface area contributed by atoms with E-state index in [2.05, 4.69) is 35.8 Å². The van der Waals surface area contributed by atoms with E-state index >= 15 is 0 Å². The van der Waals surface area contributed by atoms with Crippen molar-refractivity contribution in [3.05, 3.63) is 50.6 Å². The number of ether oxygens (including phenoxy) is 2. The van der Waals surface area contributed by atoms with Gasteiger partial charge < -0.3 is 9.47 Å². The molecule has 0 aromatic rings. The summed E-state index contributed by atoms with van der Waals surface area (Å²) in [5, 5.41) is 0. The van der Waals surface area contributed by atoms with E-state index in [9.17, 15) is 19.2 Å². The van der Waals surface area contributed by atoms with Gasteiger partial charge in [-0.25, -0.2) is 0 Å². The first-order chi connectivity index (χ1) is 13.1. The zero-order chi connectivity index (χ0) is 23.4. The predicted molar refractivity (Wildman–Crippen MR) is 116 cm³/mol. The fraction of sp³-hybridized carbons (Fsp3) is 0.455. The normalized spacial score (nSPS) is 7.21. The third-order valence-corrected chi connectivity index (χ3v) is 1.40. The molecule has 0 radical (unpaired) electrons. The van der Waals surface area contributed by atoms with Crippen molar-refractivity contribution in [1.29, 1.82) is 0 Å². The van der Waals surface area contributed by atoms with E-state index in [0.717, 1.165) is 0 Å². The molecule has 0 heterocycles. The maximum atomic E-state index is 10.8. The Morgan fingerprint density at radius 1 is 0.607 bits per heavy atom. The SMILES string of the molecule is C=CC.C=CC.C=CC.C=CC.CC(=O)CC(=O)OCCOC(=O)CC(C)=O. The second-order valence-corrected chi connectivity index (χ2v) is 4.83. The van der Waals surface area contributed by atoms with Crippen LogP contribution in [0.25, 0.3) is 0 Å². The smallest absolute Gasteiger partial charge is 0.313 e. The maximum Gasteiger partial charge on any atom is 0.313 e. The maximum absolute atomic E-state index is 10.8. The average molecular weight is 399 g/mol. The molecule has 0 saturated heterocycles. The van der Waals surface area contributed by atoms with Crippen LogP contribution in [0, 0.1) is 0 Å². The van der Waals surface area contributed by atoms with Crippen LogP contribution in [0.1, 0.15) is 54.4 Å². The van der Waals surface area contributed by atoms with Crippen LogP contribution in [0.15, 0.2) is 50.6 Å². The number of hydrogen-bond donors (Lipinski definition) is 0. The zero-order valence-electron chi connectivity index (χ0n) is 18.4. The van der Waals surface area contributed by atoms with Gasteiger partial charge >= 0.3 is 11.9 Å². The minimum absolute atomic E-state index is 0.115. The molecule has 0 atom stereocenters. The molecule has 0 aromatic heterocycles. The van der Waals surface area contributed by atoms with Crippen molar-refractivity contribution in [2.75, 3.05) is 13.2 Å². The highest BCUT2D eigenvalue weighted by Gasteiger charge is 2.08. The van der Waals surface area contributed by atoms with Gasteiger partial charge in [0.05, 0.1) is 0 Å². The highest BCUT2D eigenvalue weighted by molar-refractivity contribution is 5.94. The predicted octanol–water partition coefficient (Wildman–Crippen LogP) is 4.80. The van der Waals surface area contributed by atoms with Crippen molar-refractivity contribution in [2.24, 2.45) is 0 Å². The Morgan fingerprint density at radius 2 is 0.786 bits per heavy atom. The summed E-state index contributed by atoms with van der Waals surface area (Å²) in [6.45, 7) is 23.3. The lowest BCUT2D eigenvalue weighted by molar-refractivity contribution is -0.154. The minimum atomic E-state index is -0.657. The Bertz CT molecular complexity index is 396. The van der Waals surface area contributed by atoms with Crippen LogP contribution in [0.5, 0.6) is 0 Å². The Morgan fingerprint density at radius 3 is 0.929 bits per heavy atom. The van der Waals surface area contributed by atoms with E-state index < -0.39 is 11.9 Å². The number of ketones is 2. The molecule has 28 heavy (non-hydrogen) atoms. The molecule has 0 amide bonds. The summed E-state index contributed by atoms with van der Waals surface area (Å²) >= 11 is 0. The molecule has 0 bridgehead atoms. The molecule has 0 fully saturated rings. The lowest BCUT2D eigenvalue weighted by Gasteiger charge is -2.04. The van der Waals surface area contributed by atoms with Crippen LogP contribution in [-0.4, -0.2) is 36.7 Å². The van der Waals surface area contributed by atoms with Gasteiger partial charge in [-0.1, -0.05) is 24.3 Å². The monoisotopic (exact) mass is 398 g/mol.